The molecule has 4 aromatic rings. The number of carbonyl (C=O) groups excluding carboxylic acids is 1. The van der Waals surface area contributed by atoms with Crippen molar-refractivity contribution in [2.75, 3.05) is 41.3 Å². The molecule has 1 aromatic heterocycles. The smallest absolute Gasteiger partial charge is 0.328 e. The first kappa shape index (κ1) is 20.9. The molecule has 0 atom stereocenters. The summed E-state index contributed by atoms with van der Waals surface area (Å²) in [6.07, 6.45) is 0. The normalized spacial score (nSPS) is 14.0. The standard InChI is InChI=1S/C26H27N5O2/c1-28-23-17-21(27-25(32)19-9-5-3-6-10-19)22(18-24(23)29(2)26(28)33)31-15-13-30(14-16-31)20-11-7-4-8-12-20/h3-12,17-18H,13-16H2,1-2H3,(H,27,32). The molecule has 0 bridgehead atoms. The van der Waals surface area contributed by atoms with Gasteiger partial charge < -0.3 is 15.1 Å². The average molecular weight is 442 g/mol. The van der Waals surface area contributed by atoms with Gasteiger partial charge in [-0.1, -0.05) is 36.4 Å². The van der Waals surface area contributed by atoms with E-state index in [9.17, 15) is 9.59 Å². The van der Waals surface area contributed by atoms with Gasteiger partial charge in [-0.15, -0.1) is 0 Å². The summed E-state index contributed by atoms with van der Waals surface area (Å²) < 4.78 is 3.27. The number of para-hydroxylation sites is 1. The van der Waals surface area contributed by atoms with Gasteiger partial charge in [-0.2, -0.15) is 0 Å². The molecule has 1 N–H and O–H groups in total. The molecule has 1 amide bonds. The number of fused-ring (bicyclic) bond motifs is 1. The number of nitrogens with one attached hydrogen (secondary N) is 1. The van der Waals surface area contributed by atoms with Gasteiger partial charge in [-0.05, 0) is 36.4 Å². The van der Waals surface area contributed by atoms with Gasteiger partial charge in [-0.25, -0.2) is 4.79 Å². The van der Waals surface area contributed by atoms with Gasteiger partial charge in [0.1, 0.15) is 0 Å². The van der Waals surface area contributed by atoms with Crippen LogP contribution in [0.15, 0.2) is 77.6 Å². The zero-order chi connectivity index (χ0) is 22.9. The Bertz CT molecular complexity index is 1350. The fourth-order valence-electron chi connectivity index (χ4n) is 4.52. The molecule has 168 valence electrons. The van der Waals surface area contributed by atoms with Crippen LogP contribution in [0, 0.1) is 0 Å². The molecule has 33 heavy (non-hydrogen) atoms. The van der Waals surface area contributed by atoms with Gasteiger partial charge in [-0.3, -0.25) is 13.9 Å². The van der Waals surface area contributed by atoms with Crippen molar-refractivity contribution in [3.8, 4) is 0 Å². The highest BCUT2D eigenvalue weighted by molar-refractivity contribution is 6.07. The van der Waals surface area contributed by atoms with Crippen LogP contribution in [0.3, 0.4) is 0 Å². The van der Waals surface area contributed by atoms with Gasteiger partial charge in [0.25, 0.3) is 5.91 Å². The summed E-state index contributed by atoms with van der Waals surface area (Å²) in [6, 6.07) is 23.5. The lowest BCUT2D eigenvalue weighted by molar-refractivity contribution is 0.102. The molecule has 0 unspecified atom stereocenters. The quantitative estimate of drug-likeness (QED) is 0.527. The van der Waals surface area contributed by atoms with E-state index in [-0.39, 0.29) is 11.6 Å². The van der Waals surface area contributed by atoms with E-state index in [0.29, 0.717) is 11.3 Å². The number of rotatable bonds is 4. The second-order valence-electron chi connectivity index (χ2n) is 8.39. The van der Waals surface area contributed by atoms with Gasteiger partial charge in [0, 0.05) is 51.5 Å². The summed E-state index contributed by atoms with van der Waals surface area (Å²) >= 11 is 0. The van der Waals surface area contributed by atoms with Crippen molar-refractivity contribution in [1.29, 1.82) is 0 Å². The van der Waals surface area contributed by atoms with E-state index in [1.165, 1.54) is 5.69 Å². The minimum atomic E-state index is -0.167. The Morgan fingerprint density at radius 1 is 0.758 bits per heavy atom. The molecule has 1 aliphatic heterocycles. The van der Waals surface area contributed by atoms with Gasteiger partial charge in [0.05, 0.1) is 22.4 Å². The third-order valence-electron chi connectivity index (χ3n) is 6.42. The van der Waals surface area contributed by atoms with Crippen molar-refractivity contribution in [3.05, 3.63) is 88.8 Å². The van der Waals surface area contributed by atoms with Crippen LogP contribution in [0.2, 0.25) is 0 Å². The second-order valence-corrected chi connectivity index (χ2v) is 8.39. The number of hydrogen-bond donors (Lipinski definition) is 1. The van der Waals surface area contributed by atoms with Crippen LogP contribution in [-0.4, -0.2) is 41.2 Å². The van der Waals surface area contributed by atoms with Gasteiger partial charge >= 0.3 is 5.69 Å². The summed E-state index contributed by atoms with van der Waals surface area (Å²) in [7, 11) is 3.54. The molecule has 0 radical (unpaired) electrons. The van der Waals surface area contributed by atoms with E-state index >= 15 is 0 Å². The van der Waals surface area contributed by atoms with Crippen LogP contribution in [-0.2, 0) is 14.1 Å². The van der Waals surface area contributed by atoms with Crippen molar-refractivity contribution in [2.45, 2.75) is 0 Å². The zero-order valence-electron chi connectivity index (χ0n) is 18.9. The van der Waals surface area contributed by atoms with E-state index in [1.807, 2.05) is 36.4 Å². The Balaban J connectivity index is 1.50. The predicted octanol–water partition coefficient (Wildman–Crippen LogP) is 3.46. The van der Waals surface area contributed by atoms with Crippen LogP contribution < -0.4 is 20.8 Å². The summed E-state index contributed by atoms with van der Waals surface area (Å²) in [5.74, 6) is -0.167. The number of aromatic nitrogens is 2. The van der Waals surface area contributed by atoms with Crippen molar-refractivity contribution < 1.29 is 4.79 Å². The van der Waals surface area contributed by atoms with Crippen molar-refractivity contribution >= 4 is 34.0 Å². The molecule has 0 saturated carbocycles. The number of amides is 1. The SMILES string of the molecule is Cn1c(=O)n(C)c2cc(N3CCN(c4ccccc4)CC3)c(NC(=O)c3ccccc3)cc21. The highest BCUT2D eigenvalue weighted by Gasteiger charge is 2.23. The largest absolute Gasteiger partial charge is 0.368 e. The van der Waals surface area contributed by atoms with E-state index < -0.39 is 0 Å². The van der Waals surface area contributed by atoms with Crippen LogP contribution in [0.4, 0.5) is 17.1 Å². The first-order chi connectivity index (χ1) is 16.0. The van der Waals surface area contributed by atoms with Crippen LogP contribution in [0.5, 0.6) is 0 Å². The topological polar surface area (TPSA) is 62.5 Å². The molecular weight excluding hydrogens is 414 g/mol. The predicted molar refractivity (Wildman–Crippen MR) is 133 cm³/mol. The van der Waals surface area contributed by atoms with Gasteiger partial charge in [0.2, 0.25) is 0 Å². The lowest BCUT2D eigenvalue weighted by atomic mass is 10.1. The Hall–Kier alpha value is -4.00. The zero-order valence-corrected chi connectivity index (χ0v) is 18.9. The minimum Gasteiger partial charge on any atom is -0.368 e. The van der Waals surface area contributed by atoms with E-state index in [2.05, 4.69) is 39.4 Å². The fourth-order valence-corrected chi connectivity index (χ4v) is 4.52. The Kier molecular flexibility index (Phi) is 5.38. The summed E-state index contributed by atoms with van der Waals surface area (Å²) in [5.41, 5.74) is 5.01. The van der Waals surface area contributed by atoms with Crippen molar-refractivity contribution in [2.24, 2.45) is 14.1 Å². The Morgan fingerprint density at radius 2 is 1.30 bits per heavy atom. The summed E-state index contributed by atoms with van der Waals surface area (Å²) in [4.78, 5) is 30.2. The lowest BCUT2D eigenvalue weighted by Gasteiger charge is -2.38. The van der Waals surface area contributed by atoms with Crippen LogP contribution >= 0.6 is 0 Å². The number of carbonyl (C=O) groups is 1. The number of benzene rings is 3. The minimum absolute atomic E-state index is 0.0867. The number of aryl methyl sites for hydroxylation is 2. The summed E-state index contributed by atoms with van der Waals surface area (Å²) in [6.45, 7) is 3.38. The Morgan fingerprint density at radius 3 is 1.94 bits per heavy atom. The molecule has 7 heteroatoms. The van der Waals surface area contributed by atoms with Crippen molar-refractivity contribution in [1.82, 2.24) is 9.13 Å². The number of anilines is 3. The number of hydrogen-bond acceptors (Lipinski definition) is 4. The van der Waals surface area contributed by atoms with Crippen LogP contribution in [0.25, 0.3) is 11.0 Å². The number of piperazine rings is 1. The molecule has 7 nitrogen and oxygen atoms in total. The van der Waals surface area contributed by atoms with Crippen LogP contribution in [0.1, 0.15) is 10.4 Å². The second kappa shape index (κ2) is 8.50. The van der Waals surface area contributed by atoms with E-state index in [1.54, 1.807) is 35.4 Å². The fraction of sp³-hybridized carbons (Fsp3) is 0.231. The monoisotopic (exact) mass is 441 g/mol. The maximum atomic E-state index is 13.0. The highest BCUT2D eigenvalue weighted by Crippen LogP contribution is 2.32. The molecule has 5 rings (SSSR count). The average Bonchev–Trinajstić information content (AvgIpc) is 3.08. The maximum Gasteiger partial charge on any atom is 0.328 e. The molecule has 1 saturated heterocycles. The third-order valence-corrected chi connectivity index (χ3v) is 6.42. The molecular formula is C26H27N5O2. The molecule has 1 aliphatic rings. The van der Waals surface area contributed by atoms with Crippen molar-refractivity contribution in [3.63, 3.8) is 0 Å². The van der Waals surface area contributed by atoms with E-state index in [0.717, 1.165) is 42.9 Å². The highest BCUT2D eigenvalue weighted by atomic mass is 16.2. The lowest BCUT2D eigenvalue weighted by Crippen LogP contribution is -2.46. The molecule has 0 aliphatic carbocycles. The molecule has 0 spiro atoms. The molecule has 1 fully saturated rings. The first-order valence-corrected chi connectivity index (χ1v) is 11.1. The number of nitrogens with zero attached hydrogens (tertiary/aromatic N) is 4. The van der Waals surface area contributed by atoms with Gasteiger partial charge in [0.15, 0.2) is 0 Å². The molecule has 2 heterocycles. The maximum absolute atomic E-state index is 13.0. The molecule has 3 aromatic carbocycles. The first-order valence-electron chi connectivity index (χ1n) is 11.1. The third kappa shape index (κ3) is 3.86. The Labute approximate surface area is 192 Å². The number of imidazole rings is 1. The van der Waals surface area contributed by atoms with E-state index in [4.69, 9.17) is 0 Å². The summed E-state index contributed by atoms with van der Waals surface area (Å²) in [5, 5.41) is 3.10.